The summed E-state index contributed by atoms with van der Waals surface area (Å²) in [6.07, 6.45) is 20.6. The highest BCUT2D eigenvalue weighted by Crippen LogP contribution is 2.31. The molecule has 1 aromatic heterocycles. The molecular weight excluding hydrogens is 436 g/mol. The van der Waals surface area contributed by atoms with Gasteiger partial charge < -0.3 is 0 Å². The summed E-state index contributed by atoms with van der Waals surface area (Å²) in [4.78, 5) is 10.7. The monoisotopic (exact) mass is 484 g/mol. The van der Waals surface area contributed by atoms with Gasteiger partial charge in [-0.3, -0.25) is 0 Å². The Hall–Kier alpha value is -2.48. The molecule has 2 heteroatoms. The van der Waals surface area contributed by atoms with Gasteiger partial charge in [0.2, 0.25) is 0 Å². The summed E-state index contributed by atoms with van der Waals surface area (Å²) >= 11 is 0. The fraction of sp³-hybridized carbons (Fsp3) is 0.529. The van der Waals surface area contributed by atoms with E-state index in [0.29, 0.717) is 0 Å². The summed E-state index contributed by atoms with van der Waals surface area (Å²) < 4.78 is 0. The Morgan fingerprint density at radius 2 is 0.750 bits per heavy atom. The van der Waals surface area contributed by atoms with Gasteiger partial charge in [-0.25, -0.2) is 9.97 Å². The SMILES string of the molecule is CCCCCCCCCc1nc(-c2ccccc2)c(-c2ccccc2)nc1CCCCCCCCC. The Kier molecular flexibility index (Phi) is 13.3. The molecule has 2 aromatic carbocycles. The minimum atomic E-state index is 1.03. The van der Waals surface area contributed by atoms with Crippen LogP contribution >= 0.6 is 0 Å². The molecule has 0 aliphatic rings. The van der Waals surface area contributed by atoms with Gasteiger partial charge in [0.1, 0.15) is 0 Å². The molecule has 3 aromatic rings. The van der Waals surface area contributed by atoms with Crippen molar-refractivity contribution in [3.8, 4) is 22.5 Å². The Balaban J connectivity index is 1.79. The molecule has 0 aliphatic heterocycles. The van der Waals surface area contributed by atoms with Crippen LogP contribution in [-0.2, 0) is 12.8 Å². The fourth-order valence-electron chi connectivity index (χ4n) is 5.00. The summed E-state index contributed by atoms with van der Waals surface area (Å²) in [6.45, 7) is 4.57. The number of hydrogen-bond acceptors (Lipinski definition) is 2. The Morgan fingerprint density at radius 3 is 1.11 bits per heavy atom. The van der Waals surface area contributed by atoms with Crippen molar-refractivity contribution in [3.05, 3.63) is 72.1 Å². The lowest BCUT2D eigenvalue weighted by molar-refractivity contribution is 0.578. The van der Waals surface area contributed by atoms with Crippen LogP contribution in [-0.4, -0.2) is 9.97 Å². The molecular formula is C34H48N2. The van der Waals surface area contributed by atoms with Crippen molar-refractivity contribution in [1.82, 2.24) is 9.97 Å². The normalized spacial score (nSPS) is 11.2. The van der Waals surface area contributed by atoms with Gasteiger partial charge in [0.25, 0.3) is 0 Å². The lowest BCUT2D eigenvalue weighted by Crippen LogP contribution is -2.07. The van der Waals surface area contributed by atoms with Crippen LogP contribution in [0.5, 0.6) is 0 Å². The van der Waals surface area contributed by atoms with E-state index in [9.17, 15) is 0 Å². The minimum Gasteiger partial charge on any atom is -0.249 e. The molecule has 1 heterocycles. The molecule has 0 bridgehead atoms. The number of unbranched alkanes of at least 4 members (excludes halogenated alkanes) is 12. The molecule has 0 aliphatic carbocycles. The highest BCUT2D eigenvalue weighted by Gasteiger charge is 2.16. The van der Waals surface area contributed by atoms with Crippen molar-refractivity contribution in [3.63, 3.8) is 0 Å². The molecule has 3 rings (SSSR count). The number of aromatic nitrogens is 2. The van der Waals surface area contributed by atoms with E-state index in [1.165, 1.54) is 101 Å². The molecule has 0 N–H and O–H groups in total. The van der Waals surface area contributed by atoms with Crippen LogP contribution in [0.3, 0.4) is 0 Å². The first-order valence-electron chi connectivity index (χ1n) is 14.8. The Morgan fingerprint density at radius 1 is 0.417 bits per heavy atom. The van der Waals surface area contributed by atoms with Crippen molar-refractivity contribution < 1.29 is 0 Å². The molecule has 0 unspecified atom stereocenters. The lowest BCUT2D eigenvalue weighted by atomic mass is 10.00. The zero-order chi connectivity index (χ0) is 25.3. The molecule has 194 valence electrons. The smallest absolute Gasteiger partial charge is 0.0968 e. The van der Waals surface area contributed by atoms with Gasteiger partial charge in [-0.15, -0.1) is 0 Å². The third-order valence-electron chi connectivity index (χ3n) is 7.18. The zero-order valence-electron chi connectivity index (χ0n) is 23.0. The van der Waals surface area contributed by atoms with Crippen molar-refractivity contribution in [2.45, 2.75) is 117 Å². The van der Waals surface area contributed by atoms with E-state index in [4.69, 9.17) is 9.97 Å². The highest BCUT2D eigenvalue weighted by atomic mass is 14.9. The standard InChI is InChI=1S/C34H48N2/c1-3-5-7-9-11-13-21-27-31-32(28-22-14-12-10-8-6-4-2)36-34(30-25-19-16-20-26-30)33(35-31)29-23-17-15-18-24-29/h15-20,23-26H,3-14,21-22,27-28H2,1-2H3. The minimum absolute atomic E-state index is 1.03. The van der Waals surface area contributed by atoms with Crippen LogP contribution < -0.4 is 0 Å². The summed E-state index contributed by atoms with van der Waals surface area (Å²) in [6, 6.07) is 21.3. The number of hydrogen-bond donors (Lipinski definition) is 0. The summed E-state index contributed by atoms with van der Waals surface area (Å²) in [7, 11) is 0. The summed E-state index contributed by atoms with van der Waals surface area (Å²) in [5.74, 6) is 0. The van der Waals surface area contributed by atoms with Crippen LogP contribution in [0.25, 0.3) is 22.5 Å². The summed E-state index contributed by atoms with van der Waals surface area (Å²) in [5.41, 5.74) is 6.84. The molecule has 0 radical (unpaired) electrons. The predicted molar refractivity (Wildman–Crippen MR) is 156 cm³/mol. The van der Waals surface area contributed by atoms with E-state index in [1.807, 2.05) is 0 Å². The highest BCUT2D eigenvalue weighted by molar-refractivity contribution is 5.78. The topological polar surface area (TPSA) is 25.8 Å². The molecule has 0 spiro atoms. The molecule has 36 heavy (non-hydrogen) atoms. The number of rotatable bonds is 18. The second kappa shape index (κ2) is 17.1. The van der Waals surface area contributed by atoms with E-state index < -0.39 is 0 Å². The molecule has 0 amide bonds. The average Bonchev–Trinajstić information content (AvgIpc) is 2.93. The molecule has 0 fully saturated rings. The van der Waals surface area contributed by atoms with Crippen LogP contribution in [0.2, 0.25) is 0 Å². The van der Waals surface area contributed by atoms with Gasteiger partial charge in [0, 0.05) is 11.1 Å². The van der Waals surface area contributed by atoms with Gasteiger partial charge in [0.05, 0.1) is 22.8 Å². The number of nitrogens with zero attached hydrogens (tertiary/aromatic N) is 2. The van der Waals surface area contributed by atoms with Crippen molar-refractivity contribution >= 4 is 0 Å². The fourth-order valence-corrected chi connectivity index (χ4v) is 5.00. The van der Waals surface area contributed by atoms with E-state index in [1.54, 1.807) is 0 Å². The largest absolute Gasteiger partial charge is 0.249 e. The molecule has 2 nitrogen and oxygen atoms in total. The second-order valence-electron chi connectivity index (χ2n) is 10.3. The first-order valence-corrected chi connectivity index (χ1v) is 14.8. The van der Waals surface area contributed by atoms with E-state index >= 15 is 0 Å². The molecule has 0 saturated carbocycles. The second-order valence-corrected chi connectivity index (χ2v) is 10.3. The van der Waals surface area contributed by atoms with E-state index in [-0.39, 0.29) is 0 Å². The van der Waals surface area contributed by atoms with Gasteiger partial charge >= 0.3 is 0 Å². The van der Waals surface area contributed by atoms with Gasteiger partial charge in [-0.1, -0.05) is 152 Å². The number of benzene rings is 2. The van der Waals surface area contributed by atoms with E-state index in [2.05, 4.69) is 74.5 Å². The van der Waals surface area contributed by atoms with Gasteiger partial charge in [0.15, 0.2) is 0 Å². The average molecular weight is 485 g/mol. The third-order valence-corrected chi connectivity index (χ3v) is 7.18. The predicted octanol–water partition coefficient (Wildman–Crippen LogP) is 10.4. The van der Waals surface area contributed by atoms with E-state index in [0.717, 1.165) is 35.4 Å². The lowest BCUT2D eigenvalue weighted by Gasteiger charge is -2.16. The quantitative estimate of drug-likeness (QED) is 0.168. The van der Waals surface area contributed by atoms with Crippen molar-refractivity contribution in [2.24, 2.45) is 0 Å². The molecule has 0 saturated heterocycles. The summed E-state index contributed by atoms with van der Waals surface area (Å²) in [5, 5.41) is 0. The van der Waals surface area contributed by atoms with Crippen LogP contribution in [0.15, 0.2) is 60.7 Å². The Bertz CT molecular complexity index is 885. The molecule has 0 atom stereocenters. The number of aryl methyl sites for hydroxylation is 2. The van der Waals surface area contributed by atoms with Gasteiger partial charge in [-0.2, -0.15) is 0 Å². The third kappa shape index (κ3) is 9.52. The maximum absolute atomic E-state index is 5.34. The van der Waals surface area contributed by atoms with Crippen LogP contribution in [0, 0.1) is 0 Å². The van der Waals surface area contributed by atoms with Crippen molar-refractivity contribution in [2.75, 3.05) is 0 Å². The Labute approximate surface area is 221 Å². The first-order chi connectivity index (χ1) is 17.8. The van der Waals surface area contributed by atoms with Crippen LogP contribution in [0.4, 0.5) is 0 Å². The maximum atomic E-state index is 5.34. The van der Waals surface area contributed by atoms with Crippen LogP contribution in [0.1, 0.15) is 115 Å². The first kappa shape index (κ1) is 28.1. The maximum Gasteiger partial charge on any atom is 0.0968 e. The van der Waals surface area contributed by atoms with Gasteiger partial charge in [-0.05, 0) is 25.7 Å². The zero-order valence-corrected chi connectivity index (χ0v) is 23.0. The van der Waals surface area contributed by atoms with Crippen molar-refractivity contribution in [1.29, 1.82) is 0 Å².